The molecule has 0 aromatic heterocycles. The highest BCUT2D eigenvalue weighted by molar-refractivity contribution is 7.92. The summed E-state index contributed by atoms with van der Waals surface area (Å²) in [6.45, 7) is 1.52. The van der Waals surface area contributed by atoms with Gasteiger partial charge in [0.1, 0.15) is 6.54 Å². The molecule has 5 nitrogen and oxygen atoms in total. The SMILES string of the molecule is Cc1ccc(S(=O)(=O)N(CC(=O)N[C@H]2C[C@@H]3CC[C@@H]2C3)c2cc(Cl)ccc2Cl)cc1. The standard InChI is InChI=1S/C22H24Cl2N2O3S/c1-14-2-7-18(8-3-14)30(28,29)26(21-12-17(23)6-9-19(21)24)13-22(27)25-20-11-15-4-5-16(20)10-15/h2-3,6-9,12,15-16,20H,4-5,10-11,13H2,1H3,(H,25,27)/t15-,16-,20+/m1/s1. The maximum atomic E-state index is 13.5. The number of nitrogens with zero attached hydrogens (tertiary/aromatic N) is 1. The molecular formula is C22H24Cl2N2O3S. The second-order valence-corrected chi connectivity index (χ2v) is 11.0. The summed E-state index contributed by atoms with van der Waals surface area (Å²) in [5.74, 6) is 0.838. The van der Waals surface area contributed by atoms with Gasteiger partial charge in [0.15, 0.2) is 0 Å². The summed E-state index contributed by atoms with van der Waals surface area (Å²) in [6.07, 6.45) is 4.47. The van der Waals surface area contributed by atoms with Crippen molar-refractivity contribution in [3.63, 3.8) is 0 Å². The van der Waals surface area contributed by atoms with Crippen LogP contribution < -0.4 is 9.62 Å². The summed E-state index contributed by atoms with van der Waals surface area (Å²) in [5, 5.41) is 3.61. The summed E-state index contributed by atoms with van der Waals surface area (Å²) in [5.41, 5.74) is 1.13. The highest BCUT2D eigenvalue weighted by Gasteiger charge is 2.40. The van der Waals surface area contributed by atoms with Gasteiger partial charge < -0.3 is 5.32 Å². The van der Waals surface area contributed by atoms with E-state index in [0.29, 0.717) is 16.9 Å². The molecule has 2 aliphatic rings. The fourth-order valence-electron chi connectivity index (χ4n) is 4.62. The van der Waals surface area contributed by atoms with E-state index in [-0.39, 0.29) is 34.1 Å². The van der Waals surface area contributed by atoms with Gasteiger partial charge in [-0.15, -0.1) is 0 Å². The molecule has 1 amide bonds. The minimum Gasteiger partial charge on any atom is -0.352 e. The molecule has 0 saturated heterocycles. The number of rotatable bonds is 6. The normalized spacial score (nSPS) is 22.8. The smallest absolute Gasteiger partial charge is 0.264 e. The van der Waals surface area contributed by atoms with Crippen molar-refractivity contribution >= 4 is 44.8 Å². The van der Waals surface area contributed by atoms with Crippen LogP contribution in [0.4, 0.5) is 5.69 Å². The van der Waals surface area contributed by atoms with Crippen molar-refractivity contribution in [2.75, 3.05) is 10.8 Å². The number of benzene rings is 2. The number of anilines is 1. The number of amides is 1. The lowest BCUT2D eigenvalue weighted by Gasteiger charge is -2.28. The van der Waals surface area contributed by atoms with Gasteiger partial charge in [0.05, 0.1) is 15.6 Å². The first kappa shape index (κ1) is 21.5. The molecule has 0 spiro atoms. The summed E-state index contributed by atoms with van der Waals surface area (Å²) >= 11 is 12.4. The Balaban J connectivity index is 1.64. The highest BCUT2D eigenvalue weighted by Crippen LogP contribution is 2.44. The van der Waals surface area contributed by atoms with Gasteiger partial charge >= 0.3 is 0 Å². The van der Waals surface area contributed by atoms with Crippen LogP contribution in [0.3, 0.4) is 0 Å². The van der Waals surface area contributed by atoms with Gasteiger partial charge in [-0.3, -0.25) is 9.10 Å². The molecule has 2 saturated carbocycles. The summed E-state index contributed by atoms with van der Waals surface area (Å²) in [6, 6.07) is 11.2. The lowest BCUT2D eigenvalue weighted by molar-refractivity contribution is -0.120. The van der Waals surface area contributed by atoms with Crippen molar-refractivity contribution in [3.8, 4) is 0 Å². The van der Waals surface area contributed by atoms with E-state index in [9.17, 15) is 13.2 Å². The number of halogens is 2. The third kappa shape index (κ3) is 4.32. The molecule has 160 valence electrons. The Kier molecular flexibility index (Phi) is 6.02. The van der Waals surface area contributed by atoms with Crippen molar-refractivity contribution in [1.29, 1.82) is 0 Å². The van der Waals surface area contributed by atoms with Crippen LogP contribution in [0.1, 0.15) is 31.2 Å². The molecule has 0 heterocycles. The number of carbonyl (C=O) groups excluding carboxylic acids is 1. The maximum Gasteiger partial charge on any atom is 0.264 e. The second kappa shape index (κ2) is 8.40. The molecule has 1 N–H and O–H groups in total. The van der Waals surface area contributed by atoms with Crippen LogP contribution in [0.15, 0.2) is 47.4 Å². The number of fused-ring (bicyclic) bond motifs is 2. The number of sulfonamides is 1. The van der Waals surface area contributed by atoms with E-state index < -0.39 is 10.0 Å². The molecule has 2 bridgehead atoms. The van der Waals surface area contributed by atoms with Gasteiger partial charge in [-0.05, 0) is 68.4 Å². The first-order valence-corrected chi connectivity index (χ1v) is 12.3. The quantitative estimate of drug-likeness (QED) is 0.664. The topological polar surface area (TPSA) is 66.5 Å². The molecule has 30 heavy (non-hydrogen) atoms. The largest absolute Gasteiger partial charge is 0.352 e. The Morgan fingerprint density at radius 3 is 2.47 bits per heavy atom. The third-order valence-electron chi connectivity index (χ3n) is 6.16. The Bertz CT molecular complexity index is 1060. The Labute approximate surface area is 187 Å². The van der Waals surface area contributed by atoms with E-state index >= 15 is 0 Å². The zero-order valence-corrected chi connectivity index (χ0v) is 19.0. The number of carbonyl (C=O) groups is 1. The first-order chi connectivity index (χ1) is 14.2. The van der Waals surface area contributed by atoms with E-state index in [4.69, 9.17) is 23.2 Å². The van der Waals surface area contributed by atoms with Crippen molar-refractivity contribution in [3.05, 3.63) is 58.1 Å². The number of hydrogen-bond donors (Lipinski definition) is 1. The number of aryl methyl sites for hydroxylation is 1. The zero-order chi connectivity index (χ0) is 21.5. The van der Waals surface area contributed by atoms with Crippen LogP contribution in [-0.2, 0) is 14.8 Å². The van der Waals surface area contributed by atoms with Crippen LogP contribution in [0.5, 0.6) is 0 Å². The Morgan fingerprint density at radius 2 is 1.83 bits per heavy atom. The lowest BCUT2D eigenvalue weighted by Crippen LogP contribution is -2.46. The molecule has 3 atom stereocenters. The van der Waals surface area contributed by atoms with Crippen LogP contribution in [0.25, 0.3) is 0 Å². The van der Waals surface area contributed by atoms with Crippen molar-refractivity contribution in [2.24, 2.45) is 11.8 Å². The van der Waals surface area contributed by atoms with Crippen molar-refractivity contribution in [2.45, 2.75) is 43.5 Å². The summed E-state index contributed by atoms with van der Waals surface area (Å²) in [4.78, 5) is 13.0. The molecule has 4 rings (SSSR count). The Hall–Kier alpha value is -1.76. The fourth-order valence-corrected chi connectivity index (χ4v) is 6.49. The summed E-state index contributed by atoms with van der Waals surface area (Å²) < 4.78 is 28.0. The minimum atomic E-state index is -4.02. The number of nitrogens with one attached hydrogen (secondary N) is 1. The molecule has 8 heteroatoms. The molecular weight excluding hydrogens is 443 g/mol. The molecule has 0 unspecified atom stereocenters. The van der Waals surface area contributed by atoms with Crippen LogP contribution in [0.2, 0.25) is 10.0 Å². The highest BCUT2D eigenvalue weighted by atomic mass is 35.5. The monoisotopic (exact) mass is 466 g/mol. The Morgan fingerprint density at radius 1 is 1.10 bits per heavy atom. The van der Waals surface area contributed by atoms with Crippen molar-refractivity contribution in [1.82, 2.24) is 5.32 Å². The van der Waals surface area contributed by atoms with E-state index in [2.05, 4.69) is 5.32 Å². The molecule has 0 aliphatic heterocycles. The molecule has 2 aromatic rings. The van der Waals surface area contributed by atoms with Gasteiger partial charge in [0.25, 0.3) is 10.0 Å². The molecule has 2 aliphatic carbocycles. The average Bonchev–Trinajstić information content (AvgIpc) is 3.31. The molecule has 2 aromatic carbocycles. The van der Waals surface area contributed by atoms with Gasteiger partial charge in [-0.25, -0.2) is 8.42 Å². The zero-order valence-electron chi connectivity index (χ0n) is 16.6. The first-order valence-electron chi connectivity index (χ1n) is 10.1. The second-order valence-electron chi connectivity index (χ2n) is 8.27. The lowest BCUT2D eigenvalue weighted by atomic mass is 9.95. The van der Waals surface area contributed by atoms with E-state index in [1.807, 2.05) is 6.92 Å². The maximum absolute atomic E-state index is 13.5. The van der Waals surface area contributed by atoms with Gasteiger partial charge in [0, 0.05) is 11.1 Å². The predicted molar refractivity (Wildman–Crippen MR) is 120 cm³/mol. The van der Waals surface area contributed by atoms with Crippen LogP contribution in [-0.4, -0.2) is 26.9 Å². The van der Waals surface area contributed by atoms with Gasteiger partial charge in [-0.2, -0.15) is 0 Å². The van der Waals surface area contributed by atoms with E-state index in [0.717, 1.165) is 29.1 Å². The molecule has 2 fully saturated rings. The van der Waals surface area contributed by atoms with Gasteiger partial charge in [-0.1, -0.05) is 47.3 Å². The number of hydrogen-bond acceptors (Lipinski definition) is 3. The summed E-state index contributed by atoms with van der Waals surface area (Å²) in [7, 11) is -4.02. The molecule has 0 radical (unpaired) electrons. The fraction of sp³-hybridized carbons (Fsp3) is 0.409. The van der Waals surface area contributed by atoms with E-state index in [1.54, 1.807) is 18.2 Å². The minimum absolute atomic E-state index is 0.0943. The predicted octanol–water partition coefficient (Wildman–Crippen LogP) is 4.80. The van der Waals surface area contributed by atoms with E-state index in [1.165, 1.54) is 30.7 Å². The average molecular weight is 467 g/mol. The third-order valence-corrected chi connectivity index (χ3v) is 8.49. The van der Waals surface area contributed by atoms with Crippen molar-refractivity contribution < 1.29 is 13.2 Å². The van der Waals surface area contributed by atoms with Crippen LogP contribution in [0, 0.1) is 18.8 Å². The van der Waals surface area contributed by atoms with Gasteiger partial charge in [0.2, 0.25) is 5.91 Å². The van der Waals surface area contributed by atoms with Crippen LogP contribution >= 0.6 is 23.2 Å².